The second-order valence-corrected chi connectivity index (χ2v) is 4.65. The Morgan fingerprint density at radius 1 is 1.29 bits per heavy atom. The molecule has 1 amide bonds. The summed E-state index contributed by atoms with van der Waals surface area (Å²) in [6, 6.07) is 3.88. The third-order valence-corrected chi connectivity index (χ3v) is 3.09. The zero-order valence-corrected chi connectivity index (χ0v) is 10.5. The fourth-order valence-electron chi connectivity index (χ4n) is 2.11. The van der Waals surface area contributed by atoms with Crippen molar-refractivity contribution in [1.29, 1.82) is 0 Å². The standard InChI is InChI=1S/C13H19N3O/c1-15(2)13(17)12-10-11(6-7-14-12)16-8-4-3-5-9-16/h6-7,10H,3-5,8-9H2,1-2H3. The van der Waals surface area contributed by atoms with Gasteiger partial charge in [0.1, 0.15) is 5.69 Å². The molecular formula is C13H19N3O. The Kier molecular flexibility index (Phi) is 3.61. The normalized spacial score (nSPS) is 15.8. The molecule has 0 N–H and O–H groups in total. The Labute approximate surface area is 102 Å². The molecule has 0 atom stereocenters. The minimum Gasteiger partial charge on any atom is -0.371 e. The molecule has 1 saturated heterocycles. The van der Waals surface area contributed by atoms with E-state index in [1.54, 1.807) is 25.2 Å². The zero-order chi connectivity index (χ0) is 12.3. The van der Waals surface area contributed by atoms with Crippen LogP contribution in [0.3, 0.4) is 0 Å². The lowest BCUT2D eigenvalue weighted by Crippen LogP contribution is -2.30. The second kappa shape index (κ2) is 5.17. The molecule has 4 nitrogen and oxygen atoms in total. The number of aromatic nitrogens is 1. The van der Waals surface area contributed by atoms with Crippen molar-refractivity contribution in [3.63, 3.8) is 0 Å². The Hall–Kier alpha value is -1.58. The first-order chi connectivity index (χ1) is 8.18. The van der Waals surface area contributed by atoms with Crippen molar-refractivity contribution in [1.82, 2.24) is 9.88 Å². The Morgan fingerprint density at radius 2 is 2.00 bits per heavy atom. The second-order valence-electron chi connectivity index (χ2n) is 4.65. The third kappa shape index (κ3) is 2.75. The summed E-state index contributed by atoms with van der Waals surface area (Å²) >= 11 is 0. The summed E-state index contributed by atoms with van der Waals surface area (Å²) < 4.78 is 0. The van der Waals surface area contributed by atoms with Crippen molar-refractivity contribution in [2.24, 2.45) is 0 Å². The van der Waals surface area contributed by atoms with E-state index in [2.05, 4.69) is 9.88 Å². The van der Waals surface area contributed by atoms with Gasteiger partial charge in [-0.15, -0.1) is 0 Å². The molecule has 0 aliphatic carbocycles. The van der Waals surface area contributed by atoms with Crippen LogP contribution in [0.15, 0.2) is 18.3 Å². The number of carbonyl (C=O) groups is 1. The highest BCUT2D eigenvalue weighted by molar-refractivity contribution is 5.92. The van der Waals surface area contributed by atoms with Gasteiger partial charge >= 0.3 is 0 Å². The average Bonchev–Trinajstić information content (AvgIpc) is 2.39. The number of nitrogens with zero attached hydrogens (tertiary/aromatic N) is 3. The maximum atomic E-state index is 11.8. The number of carbonyl (C=O) groups excluding carboxylic acids is 1. The molecule has 1 aliphatic heterocycles. The van der Waals surface area contributed by atoms with Gasteiger partial charge < -0.3 is 9.80 Å². The van der Waals surface area contributed by atoms with E-state index in [0.29, 0.717) is 5.69 Å². The molecule has 1 aromatic rings. The number of piperidine rings is 1. The topological polar surface area (TPSA) is 36.4 Å². The van der Waals surface area contributed by atoms with Gasteiger partial charge in [-0.2, -0.15) is 0 Å². The Bertz CT molecular complexity index is 397. The van der Waals surface area contributed by atoms with Crippen LogP contribution in [-0.2, 0) is 0 Å². The van der Waals surface area contributed by atoms with Crippen LogP contribution in [0.1, 0.15) is 29.8 Å². The van der Waals surface area contributed by atoms with Gasteiger partial charge in [0, 0.05) is 39.1 Å². The molecule has 2 heterocycles. The minimum atomic E-state index is -0.0381. The molecule has 0 aromatic carbocycles. The van der Waals surface area contributed by atoms with Crippen molar-refractivity contribution in [2.45, 2.75) is 19.3 Å². The maximum absolute atomic E-state index is 11.8. The van der Waals surface area contributed by atoms with Crippen molar-refractivity contribution in [3.8, 4) is 0 Å². The van der Waals surface area contributed by atoms with Crippen LogP contribution in [0.25, 0.3) is 0 Å². The highest BCUT2D eigenvalue weighted by Crippen LogP contribution is 2.20. The average molecular weight is 233 g/mol. The summed E-state index contributed by atoms with van der Waals surface area (Å²) in [6.07, 6.45) is 5.50. The number of pyridine rings is 1. The summed E-state index contributed by atoms with van der Waals surface area (Å²) in [6.45, 7) is 2.17. The molecule has 4 heteroatoms. The van der Waals surface area contributed by atoms with Crippen molar-refractivity contribution < 1.29 is 4.79 Å². The van der Waals surface area contributed by atoms with Crippen LogP contribution in [0.4, 0.5) is 5.69 Å². The fourth-order valence-corrected chi connectivity index (χ4v) is 2.11. The number of rotatable bonds is 2. The molecule has 0 radical (unpaired) electrons. The van der Waals surface area contributed by atoms with E-state index in [-0.39, 0.29) is 5.91 Å². The van der Waals surface area contributed by atoms with Gasteiger partial charge in [0.05, 0.1) is 0 Å². The molecule has 1 fully saturated rings. The maximum Gasteiger partial charge on any atom is 0.272 e. The molecule has 17 heavy (non-hydrogen) atoms. The molecule has 1 aromatic heterocycles. The third-order valence-electron chi connectivity index (χ3n) is 3.09. The van der Waals surface area contributed by atoms with E-state index in [1.165, 1.54) is 19.3 Å². The quantitative estimate of drug-likeness (QED) is 0.781. The van der Waals surface area contributed by atoms with Gasteiger partial charge in [-0.1, -0.05) is 0 Å². The molecule has 0 unspecified atom stereocenters. The summed E-state index contributed by atoms with van der Waals surface area (Å²) in [5.41, 5.74) is 1.64. The number of hydrogen-bond donors (Lipinski definition) is 0. The van der Waals surface area contributed by atoms with E-state index < -0.39 is 0 Å². The monoisotopic (exact) mass is 233 g/mol. The molecule has 1 aliphatic rings. The first-order valence-electron chi connectivity index (χ1n) is 6.11. The van der Waals surface area contributed by atoms with Crippen LogP contribution in [-0.4, -0.2) is 43.0 Å². The highest BCUT2D eigenvalue weighted by Gasteiger charge is 2.14. The summed E-state index contributed by atoms with van der Waals surface area (Å²) in [7, 11) is 3.50. The van der Waals surface area contributed by atoms with Gasteiger partial charge in [0.2, 0.25) is 0 Å². The molecule has 0 saturated carbocycles. The molecule has 0 spiro atoms. The molecule has 0 bridgehead atoms. The lowest BCUT2D eigenvalue weighted by Gasteiger charge is -2.28. The summed E-state index contributed by atoms with van der Waals surface area (Å²) in [5.74, 6) is -0.0381. The van der Waals surface area contributed by atoms with Crippen LogP contribution >= 0.6 is 0 Å². The number of amides is 1. The van der Waals surface area contributed by atoms with Crippen molar-refractivity contribution in [3.05, 3.63) is 24.0 Å². The molecule has 2 rings (SSSR count). The van der Waals surface area contributed by atoms with E-state index in [0.717, 1.165) is 18.8 Å². The van der Waals surface area contributed by atoms with E-state index in [9.17, 15) is 4.79 Å². The van der Waals surface area contributed by atoms with Gasteiger partial charge in [-0.05, 0) is 31.4 Å². The van der Waals surface area contributed by atoms with Gasteiger partial charge in [-0.3, -0.25) is 9.78 Å². The van der Waals surface area contributed by atoms with Crippen molar-refractivity contribution >= 4 is 11.6 Å². The first-order valence-corrected chi connectivity index (χ1v) is 6.11. The smallest absolute Gasteiger partial charge is 0.272 e. The fraction of sp³-hybridized carbons (Fsp3) is 0.538. The lowest BCUT2D eigenvalue weighted by atomic mass is 10.1. The summed E-state index contributed by atoms with van der Waals surface area (Å²) in [4.78, 5) is 19.9. The van der Waals surface area contributed by atoms with Gasteiger partial charge in [-0.25, -0.2) is 0 Å². The Morgan fingerprint density at radius 3 is 2.65 bits per heavy atom. The lowest BCUT2D eigenvalue weighted by molar-refractivity contribution is 0.0822. The molecular weight excluding hydrogens is 214 g/mol. The largest absolute Gasteiger partial charge is 0.371 e. The number of anilines is 1. The number of hydrogen-bond acceptors (Lipinski definition) is 3. The van der Waals surface area contributed by atoms with E-state index in [1.807, 2.05) is 12.1 Å². The van der Waals surface area contributed by atoms with Crippen LogP contribution in [0.5, 0.6) is 0 Å². The van der Waals surface area contributed by atoms with Crippen LogP contribution < -0.4 is 4.90 Å². The summed E-state index contributed by atoms with van der Waals surface area (Å²) in [5, 5.41) is 0. The van der Waals surface area contributed by atoms with E-state index >= 15 is 0 Å². The van der Waals surface area contributed by atoms with Gasteiger partial charge in [0.25, 0.3) is 5.91 Å². The molecule has 92 valence electrons. The highest BCUT2D eigenvalue weighted by atomic mass is 16.2. The van der Waals surface area contributed by atoms with Gasteiger partial charge in [0.15, 0.2) is 0 Å². The predicted octanol–water partition coefficient (Wildman–Crippen LogP) is 1.77. The zero-order valence-electron chi connectivity index (χ0n) is 10.5. The van der Waals surface area contributed by atoms with Crippen molar-refractivity contribution in [2.75, 3.05) is 32.1 Å². The van der Waals surface area contributed by atoms with E-state index in [4.69, 9.17) is 0 Å². The minimum absolute atomic E-state index is 0.0381. The van der Waals surface area contributed by atoms with Crippen LogP contribution in [0, 0.1) is 0 Å². The predicted molar refractivity (Wildman–Crippen MR) is 68.3 cm³/mol. The SMILES string of the molecule is CN(C)C(=O)c1cc(N2CCCCC2)ccn1. The Balaban J connectivity index is 2.18. The first kappa shape index (κ1) is 11.9. The van der Waals surface area contributed by atoms with Crippen LogP contribution in [0.2, 0.25) is 0 Å².